The van der Waals surface area contributed by atoms with Crippen LogP contribution in [0.4, 0.5) is 5.82 Å². The quantitative estimate of drug-likeness (QED) is 0.800. The maximum absolute atomic E-state index is 9.74. The van der Waals surface area contributed by atoms with Crippen LogP contribution < -0.4 is 9.64 Å². The van der Waals surface area contributed by atoms with Gasteiger partial charge in [-0.1, -0.05) is 13.8 Å². The molecule has 4 heteroatoms. The number of rotatable bonds is 1. The van der Waals surface area contributed by atoms with Gasteiger partial charge in [0.05, 0.1) is 12.1 Å². The van der Waals surface area contributed by atoms with E-state index in [1.54, 1.807) is 0 Å². The molecule has 0 saturated carbocycles. The summed E-state index contributed by atoms with van der Waals surface area (Å²) in [6, 6.07) is 2.31. The minimum Gasteiger partial charge on any atom is -0.487 e. The molecule has 0 aromatic carbocycles. The van der Waals surface area contributed by atoms with E-state index in [4.69, 9.17) is 4.74 Å². The molecular weight excluding hydrogens is 216 g/mol. The highest BCUT2D eigenvalue weighted by Gasteiger charge is 2.37. The van der Waals surface area contributed by atoms with Crippen LogP contribution in [0.25, 0.3) is 0 Å². The van der Waals surface area contributed by atoms with E-state index in [0.29, 0.717) is 19.1 Å². The summed E-state index contributed by atoms with van der Waals surface area (Å²) in [4.78, 5) is 6.62. The third-order valence-electron chi connectivity index (χ3n) is 3.62. The van der Waals surface area contributed by atoms with E-state index in [1.165, 1.54) is 5.56 Å². The first kappa shape index (κ1) is 10.8. The van der Waals surface area contributed by atoms with Gasteiger partial charge in [0.1, 0.15) is 6.61 Å². The van der Waals surface area contributed by atoms with E-state index in [1.807, 2.05) is 12.3 Å². The van der Waals surface area contributed by atoms with Gasteiger partial charge >= 0.3 is 0 Å². The van der Waals surface area contributed by atoms with E-state index in [0.717, 1.165) is 18.0 Å². The zero-order valence-electron chi connectivity index (χ0n) is 10.3. The van der Waals surface area contributed by atoms with E-state index < -0.39 is 0 Å². The molecule has 1 saturated heterocycles. The summed E-state index contributed by atoms with van der Waals surface area (Å²) in [5, 5.41) is 9.74. The smallest absolute Gasteiger partial charge is 0.172 e. The number of aromatic nitrogens is 1. The van der Waals surface area contributed by atoms with Crippen LogP contribution in [0.15, 0.2) is 12.3 Å². The van der Waals surface area contributed by atoms with Gasteiger partial charge < -0.3 is 14.7 Å². The fourth-order valence-corrected chi connectivity index (χ4v) is 2.75. The topological polar surface area (TPSA) is 45.6 Å². The van der Waals surface area contributed by atoms with Crippen molar-refractivity contribution in [2.45, 2.75) is 38.3 Å². The Hall–Kier alpha value is -1.29. The molecule has 1 aromatic heterocycles. The standard InChI is InChI=1S/C13H18N2O2/c1-8(2)11-3-4-14-13-12(11)17-7-9-5-10(16)6-15(9)13/h3-4,8-10,16H,5-7H2,1-2H3/t9?,10-/m1/s1. The highest BCUT2D eigenvalue weighted by molar-refractivity contribution is 5.60. The molecule has 1 fully saturated rings. The third-order valence-corrected chi connectivity index (χ3v) is 3.62. The number of aliphatic hydroxyl groups is 1. The number of nitrogens with zero attached hydrogens (tertiary/aromatic N) is 2. The molecule has 0 bridgehead atoms. The maximum atomic E-state index is 9.74. The fourth-order valence-electron chi connectivity index (χ4n) is 2.75. The van der Waals surface area contributed by atoms with E-state index in [9.17, 15) is 5.11 Å². The molecule has 1 unspecified atom stereocenters. The van der Waals surface area contributed by atoms with E-state index in [2.05, 4.69) is 23.7 Å². The van der Waals surface area contributed by atoms with Crippen molar-refractivity contribution in [3.8, 4) is 5.75 Å². The number of pyridine rings is 1. The molecule has 1 aromatic rings. The summed E-state index contributed by atoms with van der Waals surface area (Å²) in [7, 11) is 0. The van der Waals surface area contributed by atoms with Crippen molar-refractivity contribution in [3.05, 3.63) is 17.8 Å². The SMILES string of the molecule is CC(C)c1ccnc2c1OCC1C[C@@H](O)CN21. The summed E-state index contributed by atoms with van der Waals surface area (Å²) in [6.45, 7) is 5.65. The van der Waals surface area contributed by atoms with Crippen LogP contribution in [-0.4, -0.2) is 35.4 Å². The van der Waals surface area contributed by atoms with Crippen LogP contribution in [0.2, 0.25) is 0 Å². The Bertz CT molecular complexity index is 433. The van der Waals surface area contributed by atoms with Crippen LogP contribution >= 0.6 is 0 Å². The van der Waals surface area contributed by atoms with Gasteiger partial charge in [0.2, 0.25) is 0 Å². The zero-order valence-corrected chi connectivity index (χ0v) is 10.3. The highest BCUT2D eigenvalue weighted by atomic mass is 16.5. The molecule has 3 rings (SSSR count). The summed E-state index contributed by atoms with van der Waals surface area (Å²) < 4.78 is 5.86. The van der Waals surface area contributed by atoms with Crippen molar-refractivity contribution < 1.29 is 9.84 Å². The zero-order chi connectivity index (χ0) is 12.0. The molecule has 2 aliphatic heterocycles. The van der Waals surface area contributed by atoms with Crippen LogP contribution in [0.5, 0.6) is 5.75 Å². The van der Waals surface area contributed by atoms with Crippen molar-refractivity contribution in [1.82, 2.24) is 4.98 Å². The van der Waals surface area contributed by atoms with Gasteiger partial charge in [0, 0.05) is 18.3 Å². The Morgan fingerprint density at radius 1 is 1.53 bits per heavy atom. The first-order chi connectivity index (χ1) is 8.16. The number of ether oxygens (including phenoxy) is 1. The molecule has 2 aliphatic rings. The van der Waals surface area contributed by atoms with Crippen molar-refractivity contribution in [2.75, 3.05) is 18.1 Å². The van der Waals surface area contributed by atoms with Gasteiger partial charge in [-0.2, -0.15) is 0 Å². The van der Waals surface area contributed by atoms with Gasteiger partial charge in [0.15, 0.2) is 11.6 Å². The van der Waals surface area contributed by atoms with Crippen molar-refractivity contribution in [2.24, 2.45) is 0 Å². The Labute approximate surface area is 101 Å². The maximum Gasteiger partial charge on any atom is 0.172 e. The van der Waals surface area contributed by atoms with Crippen LogP contribution in [0.1, 0.15) is 31.7 Å². The fraction of sp³-hybridized carbons (Fsp3) is 0.615. The van der Waals surface area contributed by atoms with Gasteiger partial charge in [-0.25, -0.2) is 4.98 Å². The first-order valence-electron chi connectivity index (χ1n) is 6.23. The van der Waals surface area contributed by atoms with Crippen LogP contribution in [-0.2, 0) is 0 Å². The number of hydrogen-bond acceptors (Lipinski definition) is 4. The Morgan fingerprint density at radius 2 is 2.35 bits per heavy atom. The molecule has 0 spiro atoms. The predicted octanol–water partition coefficient (Wildman–Crippen LogP) is 1.54. The number of hydrogen-bond donors (Lipinski definition) is 1. The average Bonchev–Trinajstić information content (AvgIpc) is 2.68. The van der Waals surface area contributed by atoms with E-state index in [-0.39, 0.29) is 12.1 Å². The number of anilines is 1. The molecule has 17 heavy (non-hydrogen) atoms. The minimum atomic E-state index is -0.251. The molecule has 4 nitrogen and oxygen atoms in total. The number of fused-ring (bicyclic) bond motifs is 3. The molecule has 92 valence electrons. The van der Waals surface area contributed by atoms with Gasteiger partial charge in [-0.05, 0) is 18.4 Å². The van der Waals surface area contributed by atoms with Gasteiger partial charge in [-0.3, -0.25) is 0 Å². The third kappa shape index (κ3) is 1.67. The lowest BCUT2D eigenvalue weighted by molar-refractivity contribution is 0.187. The lowest BCUT2D eigenvalue weighted by atomic mass is 10.0. The lowest BCUT2D eigenvalue weighted by Gasteiger charge is -2.33. The molecule has 1 N–H and O–H groups in total. The van der Waals surface area contributed by atoms with Crippen molar-refractivity contribution >= 4 is 5.82 Å². The Balaban J connectivity index is 2.04. The van der Waals surface area contributed by atoms with Gasteiger partial charge in [0.25, 0.3) is 0 Å². The Kier molecular flexibility index (Phi) is 2.47. The monoisotopic (exact) mass is 234 g/mol. The number of aliphatic hydroxyl groups excluding tert-OH is 1. The molecule has 2 atom stereocenters. The molecule has 0 aliphatic carbocycles. The summed E-state index contributed by atoms with van der Waals surface area (Å²) in [5.74, 6) is 2.24. The first-order valence-corrected chi connectivity index (χ1v) is 6.23. The average molecular weight is 234 g/mol. The highest BCUT2D eigenvalue weighted by Crippen LogP contribution is 2.40. The van der Waals surface area contributed by atoms with E-state index >= 15 is 0 Å². The molecule has 3 heterocycles. The second-order valence-corrected chi connectivity index (χ2v) is 5.21. The van der Waals surface area contributed by atoms with Gasteiger partial charge in [-0.15, -0.1) is 0 Å². The largest absolute Gasteiger partial charge is 0.487 e. The molecule has 0 radical (unpaired) electrons. The van der Waals surface area contributed by atoms with Crippen molar-refractivity contribution in [1.29, 1.82) is 0 Å². The second kappa shape index (κ2) is 3.88. The summed E-state index contributed by atoms with van der Waals surface area (Å²) in [6.07, 6.45) is 2.37. The predicted molar refractivity (Wildman–Crippen MR) is 65.6 cm³/mol. The van der Waals surface area contributed by atoms with Crippen LogP contribution in [0, 0.1) is 0 Å². The second-order valence-electron chi connectivity index (χ2n) is 5.21. The molecular formula is C13H18N2O2. The summed E-state index contributed by atoms with van der Waals surface area (Å²) in [5.41, 5.74) is 1.20. The molecule has 0 amide bonds. The lowest BCUT2D eigenvalue weighted by Crippen LogP contribution is -2.39. The van der Waals surface area contributed by atoms with Crippen molar-refractivity contribution in [3.63, 3.8) is 0 Å². The summed E-state index contributed by atoms with van der Waals surface area (Å²) >= 11 is 0. The Morgan fingerprint density at radius 3 is 3.12 bits per heavy atom. The minimum absolute atomic E-state index is 0.251. The van der Waals surface area contributed by atoms with Crippen LogP contribution in [0.3, 0.4) is 0 Å². The normalized spacial score (nSPS) is 26.7.